The van der Waals surface area contributed by atoms with Crippen LogP contribution in [0.2, 0.25) is 0 Å². The van der Waals surface area contributed by atoms with Crippen LogP contribution in [-0.4, -0.2) is 44.4 Å². The van der Waals surface area contributed by atoms with Crippen molar-refractivity contribution in [3.8, 4) is 0 Å². The molecule has 1 aromatic heterocycles. The van der Waals surface area contributed by atoms with Crippen molar-refractivity contribution in [3.63, 3.8) is 0 Å². The standard InChI is InChI=1S/C12H18N2O3S/c1-16-6-5-14(10-3-4-10)12-13-9(8-18-12)7-11(15)17-2/h8,10H,3-7H2,1-2H3. The van der Waals surface area contributed by atoms with Gasteiger partial charge in [0.1, 0.15) is 0 Å². The van der Waals surface area contributed by atoms with Crippen LogP contribution in [-0.2, 0) is 20.7 Å². The summed E-state index contributed by atoms with van der Waals surface area (Å²) in [5.74, 6) is -0.248. The maximum Gasteiger partial charge on any atom is 0.311 e. The van der Waals surface area contributed by atoms with E-state index in [1.807, 2.05) is 5.38 Å². The zero-order valence-corrected chi connectivity index (χ0v) is 11.5. The van der Waals surface area contributed by atoms with Crippen LogP contribution in [0.1, 0.15) is 18.5 Å². The number of rotatable bonds is 7. The number of aromatic nitrogens is 1. The van der Waals surface area contributed by atoms with E-state index in [0.717, 1.165) is 17.4 Å². The molecule has 0 amide bonds. The van der Waals surface area contributed by atoms with E-state index in [1.54, 1.807) is 18.4 Å². The highest BCUT2D eigenvalue weighted by molar-refractivity contribution is 7.13. The molecule has 1 aromatic rings. The molecule has 1 heterocycles. The summed E-state index contributed by atoms with van der Waals surface area (Å²) in [5, 5.41) is 2.91. The lowest BCUT2D eigenvalue weighted by molar-refractivity contribution is -0.139. The summed E-state index contributed by atoms with van der Waals surface area (Å²) in [6, 6.07) is 0.595. The van der Waals surface area contributed by atoms with Gasteiger partial charge in [-0.05, 0) is 12.8 Å². The number of thiazole rings is 1. The van der Waals surface area contributed by atoms with Crippen LogP contribution in [0.3, 0.4) is 0 Å². The zero-order chi connectivity index (χ0) is 13.0. The molecule has 5 nitrogen and oxygen atoms in total. The molecule has 0 radical (unpaired) electrons. The van der Waals surface area contributed by atoms with Gasteiger partial charge in [-0.15, -0.1) is 11.3 Å². The largest absolute Gasteiger partial charge is 0.469 e. The fourth-order valence-corrected chi connectivity index (χ4v) is 2.66. The summed E-state index contributed by atoms with van der Waals surface area (Å²) in [7, 11) is 3.10. The van der Waals surface area contributed by atoms with Gasteiger partial charge in [0.05, 0.1) is 25.8 Å². The molecule has 0 N–H and O–H groups in total. The quantitative estimate of drug-likeness (QED) is 0.702. The first-order valence-electron chi connectivity index (χ1n) is 6.01. The normalized spacial score (nSPS) is 14.6. The smallest absolute Gasteiger partial charge is 0.311 e. The molecule has 2 rings (SSSR count). The molecular formula is C12H18N2O3S. The summed E-state index contributed by atoms with van der Waals surface area (Å²) < 4.78 is 9.76. The van der Waals surface area contributed by atoms with Crippen LogP contribution in [0, 0.1) is 0 Å². The predicted molar refractivity (Wildman–Crippen MR) is 70.1 cm³/mol. The molecule has 1 saturated carbocycles. The third-order valence-electron chi connectivity index (χ3n) is 2.86. The number of esters is 1. The van der Waals surface area contributed by atoms with Crippen LogP contribution in [0.5, 0.6) is 0 Å². The topological polar surface area (TPSA) is 51.7 Å². The van der Waals surface area contributed by atoms with Gasteiger partial charge in [-0.1, -0.05) is 0 Å². The Labute approximate surface area is 111 Å². The summed E-state index contributed by atoms with van der Waals surface area (Å²) in [5.41, 5.74) is 0.782. The van der Waals surface area contributed by atoms with E-state index < -0.39 is 0 Å². The number of nitrogens with zero attached hydrogens (tertiary/aromatic N) is 2. The van der Waals surface area contributed by atoms with Crippen LogP contribution in [0.4, 0.5) is 5.13 Å². The van der Waals surface area contributed by atoms with Crippen LogP contribution in [0.25, 0.3) is 0 Å². The summed E-state index contributed by atoms with van der Waals surface area (Å²) in [6.45, 7) is 1.55. The minimum absolute atomic E-state index is 0.246. The van der Waals surface area contributed by atoms with Gasteiger partial charge in [0.2, 0.25) is 0 Å². The Bertz CT molecular complexity index is 404. The van der Waals surface area contributed by atoms with Crippen LogP contribution in [0.15, 0.2) is 5.38 Å². The van der Waals surface area contributed by atoms with Gasteiger partial charge < -0.3 is 14.4 Å². The maximum absolute atomic E-state index is 11.2. The first-order chi connectivity index (χ1) is 8.74. The average molecular weight is 270 g/mol. The molecule has 6 heteroatoms. The first kappa shape index (κ1) is 13.3. The Balaban J connectivity index is 1.99. The van der Waals surface area contributed by atoms with E-state index >= 15 is 0 Å². The Morgan fingerprint density at radius 3 is 2.94 bits per heavy atom. The van der Waals surface area contributed by atoms with Crippen molar-refractivity contribution in [2.75, 3.05) is 32.3 Å². The number of ether oxygens (including phenoxy) is 2. The number of anilines is 1. The highest BCUT2D eigenvalue weighted by atomic mass is 32.1. The molecule has 1 aliphatic carbocycles. The molecule has 0 unspecified atom stereocenters. The number of carbonyl (C=O) groups excluding carboxylic acids is 1. The Morgan fingerprint density at radius 2 is 2.33 bits per heavy atom. The van der Waals surface area contributed by atoms with E-state index in [0.29, 0.717) is 12.6 Å². The highest BCUT2D eigenvalue weighted by Crippen LogP contribution is 2.33. The van der Waals surface area contributed by atoms with Crippen molar-refractivity contribution in [1.29, 1.82) is 0 Å². The van der Waals surface area contributed by atoms with Gasteiger partial charge in [-0.25, -0.2) is 4.98 Å². The van der Waals surface area contributed by atoms with Gasteiger partial charge >= 0.3 is 5.97 Å². The molecule has 0 bridgehead atoms. The Hall–Kier alpha value is -1.14. The minimum atomic E-state index is -0.248. The molecule has 1 fully saturated rings. The lowest BCUT2D eigenvalue weighted by Gasteiger charge is -2.20. The fraction of sp³-hybridized carbons (Fsp3) is 0.667. The van der Waals surface area contributed by atoms with E-state index in [1.165, 1.54) is 20.0 Å². The van der Waals surface area contributed by atoms with Gasteiger partial charge in [-0.3, -0.25) is 4.79 Å². The van der Waals surface area contributed by atoms with Crippen molar-refractivity contribution in [2.24, 2.45) is 0 Å². The Morgan fingerprint density at radius 1 is 1.56 bits per heavy atom. The average Bonchev–Trinajstić information content (AvgIpc) is 3.11. The predicted octanol–water partition coefficient (Wildman–Crippen LogP) is 1.47. The lowest BCUT2D eigenvalue weighted by atomic mass is 10.3. The number of hydrogen-bond donors (Lipinski definition) is 0. The van der Waals surface area contributed by atoms with Crippen molar-refractivity contribution in [3.05, 3.63) is 11.1 Å². The second-order valence-corrected chi connectivity index (χ2v) is 5.13. The Kier molecular flexibility index (Phi) is 4.54. The van der Waals surface area contributed by atoms with Crippen molar-refractivity contribution < 1.29 is 14.3 Å². The fourth-order valence-electron chi connectivity index (χ4n) is 1.74. The second-order valence-electron chi connectivity index (χ2n) is 4.29. The molecule has 0 atom stereocenters. The number of hydrogen-bond acceptors (Lipinski definition) is 6. The number of methoxy groups -OCH3 is 2. The molecule has 0 saturated heterocycles. The highest BCUT2D eigenvalue weighted by Gasteiger charge is 2.30. The molecular weight excluding hydrogens is 252 g/mol. The summed E-state index contributed by atoms with van der Waals surface area (Å²) >= 11 is 1.58. The van der Waals surface area contributed by atoms with E-state index in [2.05, 4.69) is 14.6 Å². The van der Waals surface area contributed by atoms with Gasteiger partial charge in [0, 0.05) is 25.1 Å². The molecule has 0 aromatic carbocycles. The third-order valence-corrected chi connectivity index (χ3v) is 3.79. The molecule has 1 aliphatic rings. The van der Waals surface area contributed by atoms with Crippen LogP contribution >= 0.6 is 11.3 Å². The van der Waals surface area contributed by atoms with Crippen LogP contribution < -0.4 is 4.90 Å². The molecule has 100 valence electrons. The lowest BCUT2D eigenvalue weighted by Crippen LogP contribution is -2.29. The second kappa shape index (κ2) is 6.15. The van der Waals surface area contributed by atoms with Crippen molar-refractivity contribution in [2.45, 2.75) is 25.3 Å². The molecule has 18 heavy (non-hydrogen) atoms. The molecule has 0 aliphatic heterocycles. The van der Waals surface area contributed by atoms with E-state index in [4.69, 9.17) is 4.74 Å². The van der Waals surface area contributed by atoms with Crippen molar-refractivity contribution in [1.82, 2.24) is 4.98 Å². The monoisotopic (exact) mass is 270 g/mol. The molecule has 0 spiro atoms. The van der Waals surface area contributed by atoms with Crippen molar-refractivity contribution >= 4 is 22.4 Å². The minimum Gasteiger partial charge on any atom is -0.469 e. The number of carbonyl (C=O) groups is 1. The van der Waals surface area contributed by atoms with Gasteiger partial charge in [-0.2, -0.15) is 0 Å². The maximum atomic E-state index is 11.2. The third kappa shape index (κ3) is 3.43. The van der Waals surface area contributed by atoms with E-state index in [9.17, 15) is 4.79 Å². The van der Waals surface area contributed by atoms with Gasteiger partial charge in [0.25, 0.3) is 0 Å². The SMILES string of the molecule is COCCN(c1nc(CC(=O)OC)cs1)C1CC1. The summed E-state index contributed by atoms with van der Waals surface area (Å²) in [6.07, 6.45) is 2.68. The van der Waals surface area contributed by atoms with Gasteiger partial charge in [0.15, 0.2) is 5.13 Å². The first-order valence-corrected chi connectivity index (χ1v) is 6.89. The summed E-state index contributed by atoms with van der Waals surface area (Å²) in [4.78, 5) is 18.0. The zero-order valence-electron chi connectivity index (χ0n) is 10.7. The van der Waals surface area contributed by atoms with E-state index in [-0.39, 0.29) is 12.4 Å².